The SMILES string of the molecule is CCCN(C)C(C)CCNC. The van der Waals surface area contributed by atoms with Crippen LogP contribution >= 0.6 is 0 Å². The molecule has 0 aromatic heterocycles. The van der Waals surface area contributed by atoms with Crippen molar-refractivity contribution >= 4 is 0 Å². The van der Waals surface area contributed by atoms with Crippen molar-refractivity contribution in [2.45, 2.75) is 32.7 Å². The van der Waals surface area contributed by atoms with Gasteiger partial charge in [0.15, 0.2) is 0 Å². The molecule has 0 amide bonds. The van der Waals surface area contributed by atoms with Crippen molar-refractivity contribution in [2.75, 3.05) is 27.2 Å². The molecule has 0 rings (SSSR count). The molecule has 2 heteroatoms. The Bertz CT molecular complexity index is 83.6. The molecule has 0 fully saturated rings. The molecule has 0 heterocycles. The molecule has 0 spiro atoms. The molecule has 0 radical (unpaired) electrons. The highest BCUT2D eigenvalue weighted by Gasteiger charge is 2.05. The number of rotatable bonds is 6. The van der Waals surface area contributed by atoms with Gasteiger partial charge in [-0.1, -0.05) is 6.92 Å². The lowest BCUT2D eigenvalue weighted by Gasteiger charge is -2.23. The minimum absolute atomic E-state index is 0.711. The molecule has 0 aliphatic rings. The molecular formula is C9H22N2. The zero-order valence-corrected chi connectivity index (χ0v) is 8.35. The monoisotopic (exact) mass is 158 g/mol. The van der Waals surface area contributed by atoms with Crippen LogP contribution in [0.15, 0.2) is 0 Å². The highest BCUT2D eigenvalue weighted by atomic mass is 15.1. The van der Waals surface area contributed by atoms with E-state index in [0.717, 1.165) is 6.54 Å². The normalized spacial score (nSPS) is 13.9. The van der Waals surface area contributed by atoms with Crippen molar-refractivity contribution in [3.05, 3.63) is 0 Å². The maximum Gasteiger partial charge on any atom is 0.00759 e. The Morgan fingerprint density at radius 3 is 2.55 bits per heavy atom. The van der Waals surface area contributed by atoms with E-state index in [4.69, 9.17) is 0 Å². The van der Waals surface area contributed by atoms with Crippen LogP contribution in [0.4, 0.5) is 0 Å². The summed E-state index contributed by atoms with van der Waals surface area (Å²) in [5.74, 6) is 0. The first kappa shape index (κ1) is 10.9. The standard InChI is InChI=1S/C9H22N2/c1-5-8-11(4)9(2)6-7-10-3/h9-10H,5-8H2,1-4H3. The lowest BCUT2D eigenvalue weighted by atomic mass is 10.2. The molecule has 0 saturated carbocycles. The lowest BCUT2D eigenvalue weighted by molar-refractivity contribution is 0.246. The molecule has 1 N–H and O–H groups in total. The summed E-state index contributed by atoms with van der Waals surface area (Å²) >= 11 is 0. The second-order valence-electron chi connectivity index (χ2n) is 3.22. The van der Waals surface area contributed by atoms with Crippen LogP contribution in [0.2, 0.25) is 0 Å². The molecule has 0 aromatic carbocycles. The fourth-order valence-corrected chi connectivity index (χ4v) is 1.15. The smallest absolute Gasteiger partial charge is 0.00759 e. The van der Waals surface area contributed by atoms with E-state index in [0.29, 0.717) is 6.04 Å². The van der Waals surface area contributed by atoms with Crippen molar-refractivity contribution in [3.63, 3.8) is 0 Å². The van der Waals surface area contributed by atoms with E-state index in [9.17, 15) is 0 Å². The van der Waals surface area contributed by atoms with E-state index in [1.54, 1.807) is 0 Å². The largest absolute Gasteiger partial charge is 0.320 e. The summed E-state index contributed by atoms with van der Waals surface area (Å²) < 4.78 is 0. The molecule has 0 saturated heterocycles. The van der Waals surface area contributed by atoms with Gasteiger partial charge < -0.3 is 10.2 Å². The maximum atomic E-state index is 3.17. The topological polar surface area (TPSA) is 15.3 Å². The zero-order valence-electron chi connectivity index (χ0n) is 8.35. The van der Waals surface area contributed by atoms with Crippen LogP contribution in [0.5, 0.6) is 0 Å². The van der Waals surface area contributed by atoms with E-state index >= 15 is 0 Å². The van der Waals surface area contributed by atoms with Gasteiger partial charge in [-0.3, -0.25) is 0 Å². The Morgan fingerprint density at radius 2 is 2.09 bits per heavy atom. The summed E-state index contributed by atoms with van der Waals surface area (Å²) in [7, 11) is 4.20. The van der Waals surface area contributed by atoms with Crippen LogP contribution in [-0.2, 0) is 0 Å². The average Bonchev–Trinajstić information content (AvgIpc) is 2.00. The summed E-state index contributed by atoms with van der Waals surface area (Å²) in [4.78, 5) is 2.41. The van der Waals surface area contributed by atoms with Crippen LogP contribution in [0.1, 0.15) is 26.7 Å². The molecule has 68 valence electrons. The second kappa shape index (κ2) is 6.62. The Balaban J connectivity index is 3.38. The van der Waals surface area contributed by atoms with Crippen LogP contribution < -0.4 is 5.32 Å². The minimum Gasteiger partial charge on any atom is -0.320 e. The zero-order chi connectivity index (χ0) is 8.69. The van der Waals surface area contributed by atoms with Gasteiger partial charge in [0.05, 0.1) is 0 Å². The molecule has 0 aliphatic carbocycles. The van der Waals surface area contributed by atoms with Gasteiger partial charge in [0.2, 0.25) is 0 Å². The van der Waals surface area contributed by atoms with Crippen molar-refractivity contribution in [1.29, 1.82) is 0 Å². The molecule has 1 unspecified atom stereocenters. The number of hydrogen-bond acceptors (Lipinski definition) is 2. The fourth-order valence-electron chi connectivity index (χ4n) is 1.15. The van der Waals surface area contributed by atoms with E-state index < -0.39 is 0 Å². The van der Waals surface area contributed by atoms with Gasteiger partial charge in [-0.15, -0.1) is 0 Å². The van der Waals surface area contributed by atoms with Gasteiger partial charge in [-0.2, -0.15) is 0 Å². The first-order valence-corrected chi connectivity index (χ1v) is 4.57. The summed E-state index contributed by atoms with van der Waals surface area (Å²) in [6.07, 6.45) is 2.49. The van der Waals surface area contributed by atoms with Gasteiger partial charge in [0.1, 0.15) is 0 Å². The second-order valence-corrected chi connectivity index (χ2v) is 3.22. The summed E-state index contributed by atoms with van der Waals surface area (Å²) in [5.41, 5.74) is 0. The fraction of sp³-hybridized carbons (Fsp3) is 1.00. The lowest BCUT2D eigenvalue weighted by Crippen LogP contribution is -2.32. The van der Waals surface area contributed by atoms with Crippen molar-refractivity contribution < 1.29 is 0 Å². The molecule has 0 bridgehead atoms. The van der Waals surface area contributed by atoms with Gasteiger partial charge in [-0.05, 0) is 47.0 Å². The Morgan fingerprint density at radius 1 is 1.45 bits per heavy atom. The van der Waals surface area contributed by atoms with Crippen LogP contribution in [0, 0.1) is 0 Å². The molecule has 2 nitrogen and oxygen atoms in total. The van der Waals surface area contributed by atoms with Crippen molar-refractivity contribution in [3.8, 4) is 0 Å². The van der Waals surface area contributed by atoms with E-state index in [1.165, 1.54) is 19.4 Å². The minimum atomic E-state index is 0.711. The highest BCUT2D eigenvalue weighted by Crippen LogP contribution is 2.00. The quantitative estimate of drug-likeness (QED) is 0.627. The highest BCUT2D eigenvalue weighted by molar-refractivity contribution is 4.63. The van der Waals surface area contributed by atoms with Gasteiger partial charge >= 0.3 is 0 Å². The molecule has 0 aromatic rings. The summed E-state index contributed by atoms with van der Waals surface area (Å²) in [6, 6.07) is 0.711. The Hall–Kier alpha value is -0.0800. The maximum absolute atomic E-state index is 3.17. The Labute approximate surface area is 71.0 Å². The predicted octanol–water partition coefficient (Wildman–Crippen LogP) is 1.33. The van der Waals surface area contributed by atoms with Gasteiger partial charge in [0.25, 0.3) is 0 Å². The summed E-state index contributed by atoms with van der Waals surface area (Å²) in [5, 5.41) is 3.17. The van der Waals surface area contributed by atoms with Gasteiger partial charge in [-0.25, -0.2) is 0 Å². The van der Waals surface area contributed by atoms with Crippen molar-refractivity contribution in [2.24, 2.45) is 0 Å². The third-order valence-electron chi connectivity index (χ3n) is 2.14. The number of nitrogens with zero attached hydrogens (tertiary/aromatic N) is 1. The average molecular weight is 158 g/mol. The predicted molar refractivity (Wildman–Crippen MR) is 50.9 cm³/mol. The van der Waals surface area contributed by atoms with E-state index in [-0.39, 0.29) is 0 Å². The van der Waals surface area contributed by atoms with Crippen LogP contribution in [-0.4, -0.2) is 38.1 Å². The summed E-state index contributed by atoms with van der Waals surface area (Å²) in [6.45, 7) is 6.84. The number of hydrogen-bond donors (Lipinski definition) is 1. The molecule has 11 heavy (non-hydrogen) atoms. The van der Waals surface area contributed by atoms with Crippen molar-refractivity contribution in [1.82, 2.24) is 10.2 Å². The molecular weight excluding hydrogens is 136 g/mol. The third kappa shape index (κ3) is 5.22. The first-order valence-electron chi connectivity index (χ1n) is 4.57. The number of nitrogens with one attached hydrogen (secondary N) is 1. The first-order chi connectivity index (χ1) is 5.22. The molecule has 0 aliphatic heterocycles. The van der Waals surface area contributed by atoms with Crippen LogP contribution in [0.25, 0.3) is 0 Å². The van der Waals surface area contributed by atoms with Gasteiger partial charge in [0, 0.05) is 6.04 Å². The van der Waals surface area contributed by atoms with Crippen LogP contribution in [0.3, 0.4) is 0 Å². The third-order valence-corrected chi connectivity index (χ3v) is 2.14. The Kier molecular flexibility index (Phi) is 6.57. The molecule has 1 atom stereocenters. The van der Waals surface area contributed by atoms with E-state index in [1.807, 2.05) is 7.05 Å². The van der Waals surface area contributed by atoms with E-state index in [2.05, 4.69) is 31.1 Å².